The Hall–Kier alpha value is -3.37. The average molecular weight is 453 g/mol. The van der Waals surface area contributed by atoms with Crippen molar-refractivity contribution >= 4 is 33.9 Å². The van der Waals surface area contributed by atoms with Crippen LogP contribution in [0.25, 0.3) is 11.3 Å². The van der Waals surface area contributed by atoms with Crippen LogP contribution in [0.3, 0.4) is 0 Å². The molecule has 1 fully saturated rings. The van der Waals surface area contributed by atoms with E-state index in [0.717, 1.165) is 24.4 Å². The van der Waals surface area contributed by atoms with E-state index in [9.17, 15) is 14.9 Å². The highest BCUT2D eigenvalue weighted by molar-refractivity contribution is 7.15. The van der Waals surface area contributed by atoms with E-state index in [0.29, 0.717) is 40.9 Å². The molecular weight excluding hydrogens is 428 g/mol. The van der Waals surface area contributed by atoms with Crippen molar-refractivity contribution in [2.45, 2.75) is 13.3 Å². The van der Waals surface area contributed by atoms with Gasteiger partial charge in [-0.3, -0.25) is 14.9 Å². The fraction of sp³-hybridized carbons (Fsp3) is 0.318. The minimum absolute atomic E-state index is 0.0263. The molecule has 1 aromatic carbocycles. The predicted molar refractivity (Wildman–Crippen MR) is 124 cm³/mol. The number of non-ortho nitro benzene ring substituents is 1. The highest BCUT2D eigenvalue weighted by Crippen LogP contribution is 2.28. The van der Waals surface area contributed by atoms with Crippen molar-refractivity contribution in [3.63, 3.8) is 0 Å². The van der Waals surface area contributed by atoms with Crippen LogP contribution in [0.1, 0.15) is 21.7 Å². The molecule has 0 radical (unpaired) electrons. The Labute approximate surface area is 189 Å². The number of hydrogen-bond acceptors (Lipinski definition) is 8. The number of nitro groups is 1. The smallest absolute Gasteiger partial charge is 0.270 e. The fourth-order valence-corrected chi connectivity index (χ4v) is 4.27. The number of aromatic nitrogens is 2. The quantitative estimate of drug-likeness (QED) is 0.462. The molecule has 3 heterocycles. The lowest BCUT2D eigenvalue weighted by Crippen LogP contribution is -2.34. The van der Waals surface area contributed by atoms with Crippen molar-refractivity contribution in [1.29, 1.82) is 0 Å². The average Bonchev–Trinajstić information content (AvgIpc) is 3.06. The molecule has 0 spiro atoms. The number of rotatable bonds is 5. The van der Waals surface area contributed by atoms with Crippen LogP contribution in [0.2, 0.25) is 0 Å². The molecule has 0 unspecified atom stereocenters. The molecule has 0 aliphatic carbocycles. The highest BCUT2D eigenvalue weighted by Gasteiger charge is 2.21. The molecule has 1 aliphatic rings. The maximum absolute atomic E-state index is 13.4. The van der Waals surface area contributed by atoms with Gasteiger partial charge in [-0.15, -0.1) is 11.3 Å². The SMILES string of the molecule is Cc1cnc(Nc2cc(C(=O)N3CCCN(C)CC3)cc(-c3cccc([N+](=O)[O-])c3)n2)s1. The topological polar surface area (TPSA) is 105 Å². The summed E-state index contributed by atoms with van der Waals surface area (Å²) < 4.78 is 0. The Morgan fingerprint density at radius 2 is 2.03 bits per heavy atom. The second kappa shape index (κ2) is 9.41. The first-order valence-electron chi connectivity index (χ1n) is 10.3. The summed E-state index contributed by atoms with van der Waals surface area (Å²) in [6.45, 7) is 5.07. The molecule has 1 saturated heterocycles. The van der Waals surface area contributed by atoms with Crippen LogP contribution in [0, 0.1) is 17.0 Å². The zero-order valence-electron chi connectivity index (χ0n) is 17.9. The largest absolute Gasteiger partial charge is 0.337 e. The molecule has 9 nitrogen and oxygen atoms in total. The molecule has 1 aliphatic heterocycles. The van der Waals surface area contributed by atoms with Crippen LogP contribution in [0.15, 0.2) is 42.6 Å². The summed E-state index contributed by atoms with van der Waals surface area (Å²) in [5, 5.41) is 15.1. The van der Waals surface area contributed by atoms with Gasteiger partial charge in [-0.25, -0.2) is 9.97 Å². The van der Waals surface area contributed by atoms with Crippen molar-refractivity contribution in [2.24, 2.45) is 0 Å². The standard InChI is InChI=1S/C22H24N6O3S/c1-15-14-23-22(32-15)25-20-13-17(21(29)27-8-4-7-26(2)9-10-27)12-19(24-20)16-5-3-6-18(11-16)28(30)31/h3,5-6,11-14H,4,7-10H2,1-2H3,(H,23,24,25). The van der Waals surface area contributed by atoms with E-state index >= 15 is 0 Å². The van der Waals surface area contributed by atoms with E-state index in [4.69, 9.17) is 0 Å². The molecule has 1 amide bonds. The minimum atomic E-state index is -0.441. The molecule has 0 saturated carbocycles. The third kappa shape index (κ3) is 5.09. The molecule has 32 heavy (non-hydrogen) atoms. The lowest BCUT2D eigenvalue weighted by atomic mass is 10.1. The summed E-state index contributed by atoms with van der Waals surface area (Å²) in [5.74, 6) is 0.395. The molecule has 0 atom stereocenters. The fourth-order valence-electron chi connectivity index (χ4n) is 3.60. The number of likely N-dealkylation sites (N-methyl/N-ethyl adjacent to an activating group) is 1. The van der Waals surface area contributed by atoms with Crippen LogP contribution < -0.4 is 5.32 Å². The number of amides is 1. The van der Waals surface area contributed by atoms with Gasteiger partial charge in [0.2, 0.25) is 0 Å². The summed E-state index contributed by atoms with van der Waals surface area (Å²) in [7, 11) is 2.05. The molecule has 166 valence electrons. The molecule has 1 N–H and O–H groups in total. The summed E-state index contributed by atoms with van der Waals surface area (Å²) in [4.78, 5) is 38.2. The second-order valence-electron chi connectivity index (χ2n) is 7.78. The van der Waals surface area contributed by atoms with E-state index in [2.05, 4.69) is 27.2 Å². The summed E-state index contributed by atoms with van der Waals surface area (Å²) in [5.41, 5.74) is 1.52. The molecule has 4 rings (SSSR count). The van der Waals surface area contributed by atoms with E-state index in [-0.39, 0.29) is 11.6 Å². The number of nitrogens with zero attached hydrogens (tertiary/aromatic N) is 5. The van der Waals surface area contributed by atoms with Gasteiger partial charge in [-0.05, 0) is 39.1 Å². The second-order valence-corrected chi connectivity index (χ2v) is 9.02. The number of aryl methyl sites for hydroxylation is 1. The number of nitrogens with one attached hydrogen (secondary N) is 1. The Morgan fingerprint density at radius 3 is 2.78 bits per heavy atom. The van der Waals surface area contributed by atoms with E-state index < -0.39 is 4.92 Å². The Morgan fingerprint density at radius 1 is 1.19 bits per heavy atom. The van der Waals surface area contributed by atoms with Crippen LogP contribution in [-0.2, 0) is 0 Å². The Bertz CT molecular complexity index is 1150. The number of nitro benzene ring substituents is 1. The first kappa shape index (κ1) is 21.8. The van der Waals surface area contributed by atoms with Crippen LogP contribution in [-0.4, -0.2) is 63.8 Å². The summed E-state index contributed by atoms with van der Waals surface area (Å²) in [6, 6.07) is 9.69. The molecular formula is C22H24N6O3S. The van der Waals surface area contributed by atoms with Crippen molar-refractivity contribution < 1.29 is 9.72 Å². The zero-order chi connectivity index (χ0) is 22.7. The first-order valence-corrected chi connectivity index (χ1v) is 11.1. The zero-order valence-corrected chi connectivity index (χ0v) is 18.8. The van der Waals surface area contributed by atoms with Gasteiger partial charge in [0.25, 0.3) is 11.6 Å². The number of thiazole rings is 1. The van der Waals surface area contributed by atoms with Crippen LogP contribution in [0.5, 0.6) is 0 Å². The van der Waals surface area contributed by atoms with Crippen molar-refractivity contribution in [3.05, 3.63) is 63.1 Å². The lowest BCUT2D eigenvalue weighted by Gasteiger charge is -2.21. The maximum atomic E-state index is 13.4. The number of benzene rings is 1. The van der Waals surface area contributed by atoms with Crippen molar-refractivity contribution in [1.82, 2.24) is 19.8 Å². The Kier molecular flexibility index (Phi) is 6.42. The lowest BCUT2D eigenvalue weighted by molar-refractivity contribution is -0.384. The van der Waals surface area contributed by atoms with Crippen molar-refractivity contribution in [2.75, 3.05) is 38.5 Å². The predicted octanol–water partition coefficient (Wildman–Crippen LogP) is 3.94. The molecule has 10 heteroatoms. The van der Waals surface area contributed by atoms with Gasteiger partial charge in [-0.2, -0.15) is 0 Å². The summed E-state index contributed by atoms with van der Waals surface area (Å²) in [6.07, 6.45) is 2.67. The van der Waals surface area contributed by atoms with E-state index in [1.807, 2.05) is 11.8 Å². The highest BCUT2D eigenvalue weighted by atomic mass is 32.1. The monoisotopic (exact) mass is 452 g/mol. The maximum Gasteiger partial charge on any atom is 0.270 e. The molecule has 2 aromatic heterocycles. The van der Waals surface area contributed by atoms with Gasteiger partial charge >= 0.3 is 0 Å². The normalized spacial score (nSPS) is 14.8. The van der Waals surface area contributed by atoms with Gasteiger partial charge in [0.1, 0.15) is 5.82 Å². The number of carbonyl (C=O) groups is 1. The van der Waals surface area contributed by atoms with E-state index in [1.165, 1.54) is 23.5 Å². The number of pyridine rings is 1. The molecule has 3 aromatic rings. The van der Waals surface area contributed by atoms with Gasteiger partial charge in [-0.1, -0.05) is 12.1 Å². The van der Waals surface area contributed by atoms with E-state index in [1.54, 1.807) is 30.5 Å². The third-order valence-corrected chi connectivity index (χ3v) is 6.12. The third-order valence-electron chi connectivity index (χ3n) is 5.29. The summed E-state index contributed by atoms with van der Waals surface area (Å²) >= 11 is 1.48. The van der Waals surface area contributed by atoms with Gasteiger partial charge < -0.3 is 15.1 Å². The van der Waals surface area contributed by atoms with Crippen LogP contribution >= 0.6 is 11.3 Å². The van der Waals surface area contributed by atoms with Gasteiger partial charge in [0.05, 0.1) is 10.6 Å². The minimum Gasteiger partial charge on any atom is -0.337 e. The number of carbonyl (C=O) groups excluding carboxylic acids is 1. The number of hydrogen-bond donors (Lipinski definition) is 1. The number of anilines is 2. The van der Waals surface area contributed by atoms with Gasteiger partial charge in [0, 0.05) is 54.0 Å². The first-order chi connectivity index (χ1) is 15.4. The van der Waals surface area contributed by atoms with Crippen LogP contribution in [0.4, 0.5) is 16.6 Å². The Balaban J connectivity index is 1.72. The van der Waals surface area contributed by atoms with Gasteiger partial charge in [0.15, 0.2) is 5.13 Å². The molecule has 0 bridgehead atoms. The van der Waals surface area contributed by atoms with Crippen molar-refractivity contribution in [3.8, 4) is 11.3 Å².